The van der Waals surface area contributed by atoms with E-state index in [0.717, 1.165) is 31.2 Å². The molecule has 1 aromatic rings. The zero-order valence-corrected chi connectivity index (χ0v) is 13.7. The monoisotopic (exact) mass is 316 g/mol. The van der Waals surface area contributed by atoms with Crippen molar-refractivity contribution in [2.75, 3.05) is 26.7 Å². The Labute approximate surface area is 137 Å². The first-order chi connectivity index (χ1) is 11.0. The molecule has 124 valence electrons. The fourth-order valence-electron chi connectivity index (χ4n) is 3.44. The Kier molecular flexibility index (Phi) is 4.76. The molecule has 0 radical (unpaired) electrons. The molecule has 2 atom stereocenters. The highest BCUT2D eigenvalue weighted by atomic mass is 19.1. The fraction of sp³-hybridized carbons (Fsp3) is 0.556. The number of amidine groups is 2. The number of nitrogens with one attached hydrogen (secondary N) is 2. The lowest BCUT2D eigenvalue weighted by Crippen LogP contribution is -2.32. The van der Waals surface area contributed by atoms with Gasteiger partial charge in [0.05, 0.1) is 0 Å². The largest absolute Gasteiger partial charge is 0.318 e. The standard InChI is InChI=1S/C18H25FN4/c1-22(18(21)13-5-4-6-16(19)10-13)17(20)7-2-3-8-23-11-14-9-15(14)12-23/h4-6,10,14-15,20-21H,2-3,7-9,11-12H2,1H3. The lowest BCUT2D eigenvalue weighted by atomic mass is 10.1. The van der Waals surface area contributed by atoms with Crippen LogP contribution < -0.4 is 0 Å². The third-order valence-electron chi connectivity index (χ3n) is 5.03. The zero-order chi connectivity index (χ0) is 16.4. The first kappa shape index (κ1) is 16.1. The Hall–Kier alpha value is -1.75. The number of nitrogens with zero attached hydrogens (tertiary/aromatic N) is 2. The summed E-state index contributed by atoms with van der Waals surface area (Å²) >= 11 is 0. The van der Waals surface area contributed by atoms with Gasteiger partial charge in [0.25, 0.3) is 0 Å². The topological polar surface area (TPSA) is 54.2 Å². The highest BCUT2D eigenvalue weighted by Gasteiger charge is 2.44. The Morgan fingerprint density at radius 1 is 1.26 bits per heavy atom. The van der Waals surface area contributed by atoms with Gasteiger partial charge >= 0.3 is 0 Å². The van der Waals surface area contributed by atoms with Gasteiger partial charge in [-0.3, -0.25) is 10.8 Å². The first-order valence-electron chi connectivity index (χ1n) is 8.42. The van der Waals surface area contributed by atoms with Gasteiger partial charge in [0.1, 0.15) is 17.5 Å². The molecular weight excluding hydrogens is 291 g/mol. The van der Waals surface area contributed by atoms with E-state index in [-0.39, 0.29) is 11.7 Å². The van der Waals surface area contributed by atoms with E-state index in [9.17, 15) is 4.39 Å². The maximum absolute atomic E-state index is 13.2. The number of likely N-dealkylation sites (tertiary alicyclic amines) is 1. The van der Waals surface area contributed by atoms with Crippen molar-refractivity contribution in [1.82, 2.24) is 9.80 Å². The number of unbranched alkanes of at least 4 members (excludes halogenated alkanes) is 1. The molecule has 23 heavy (non-hydrogen) atoms. The summed E-state index contributed by atoms with van der Waals surface area (Å²) < 4.78 is 13.2. The molecule has 1 heterocycles. The summed E-state index contributed by atoms with van der Waals surface area (Å²) in [5.41, 5.74) is 0.508. The Bertz CT molecular complexity index is 590. The molecule has 0 amide bonds. The number of hydrogen-bond acceptors (Lipinski definition) is 3. The predicted octanol–water partition coefficient (Wildman–Crippen LogP) is 3.18. The molecular formula is C18H25FN4. The van der Waals surface area contributed by atoms with Crippen molar-refractivity contribution in [1.29, 1.82) is 10.8 Å². The fourth-order valence-corrected chi connectivity index (χ4v) is 3.44. The third kappa shape index (κ3) is 3.96. The third-order valence-corrected chi connectivity index (χ3v) is 5.03. The van der Waals surface area contributed by atoms with Crippen LogP contribution in [0.15, 0.2) is 24.3 Å². The molecule has 2 fully saturated rings. The average Bonchev–Trinajstić information content (AvgIpc) is 3.16. The molecule has 4 nitrogen and oxygen atoms in total. The number of rotatable bonds is 6. The van der Waals surface area contributed by atoms with Gasteiger partial charge in [0, 0.05) is 32.1 Å². The SMILES string of the molecule is CN(C(=N)CCCCN1CC2CC2C1)C(=N)c1cccc(F)c1. The molecule has 1 aliphatic carbocycles. The maximum atomic E-state index is 13.2. The van der Waals surface area contributed by atoms with Crippen LogP contribution in [0.5, 0.6) is 0 Å². The van der Waals surface area contributed by atoms with Crippen molar-refractivity contribution in [2.45, 2.75) is 25.7 Å². The summed E-state index contributed by atoms with van der Waals surface area (Å²) in [5.74, 6) is 2.20. The normalized spacial score (nSPS) is 22.7. The van der Waals surface area contributed by atoms with E-state index in [2.05, 4.69) is 4.90 Å². The molecule has 1 aromatic carbocycles. The molecule has 1 aliphatic heterocycles. The summed E-state index contributed by atoms with van der Waals surface area (Å²) in [5, 5.41) is 16.2. The average molecular weight is 316 g/mol. The van der Waals surface area contributed by atoms with E-state index in [1.807, 2.05) is 0 Å². The minimum Gasteiger partial charge on any atom is -0.318 e. The summed E-state index contributed by atoms with van der Waals surface area (Å²) in [6.45, 7) is 3.67. The van der Waals surface area contributed by atoms with Crippen LogP contribution in [0.4, 0.5) is 4.39 Å². The quantitative estimate of drug-likeness (QED) is 0.481. The first-order valence-corrected chi connectivity index (χ1v) is 8.42. The second-order valence-electron chi connectivity index (χ2n) is 6.84. The van der Waals surface area contributed by atoms with Gasteiger partial charge in [-0.15, -0.1) is 0 Å². The van der Waals surface area contributed by atoms with E-state index >= 15 is 0 Å². The van der Waals surface area contributed by atoms with Crippen LogP contribution in [0, 0.1) is 28.5 Å². The van der Waals surface area contributed by atoms with Crippen molar-refractivity contribution in [3.63, 3.8) is 0 Å². The number of hydrogen-bond donors (Lipinski definition) is 2. The van der Waals surface area contributed by atoms with Crippen molar-refractivity contribution < 1.29 is 4.39 Å². The van der Waals surface area contributed by atoms with E-state index in [4.69, 9.17) is 10.8 Å². The number of fused-ring (bicyclic) bond motifs is 1. The molecule has 0 spiro atoms. The van der Waals surface area contributed by atoms with Crippen LogP contribution >= 0.6 is 0 Å². The summed E-state index contributed by atoms with van der Waals surface area (Å²) in [6, 6.07) is 6.00. The molecule has 5 heteroatoms. The summed E-state index contributed by atoms with van der Waals surface area (Å²) in [6.07, 6.45) is 4.16. The van der Waals surface area contributed by atoms with E-state index in [1.54, 1.807) is 24.1 Å². The molecule has 0 aromatic heterocycles. The van der Waals surface area contributed by atoms with Gasteiger partial charge in [-0.05, 0) is 49.8 Å². The van der Waals surface area contributed by atoms with Gasteiger partial charge in [0.15, 0.2) is 0 Å². The van der Waals surface area contributed by atoms with Gasteiger partial charge in [0.2, 0.25) is 0 Å². The summed E-state index contributed by atoms with van der Waals surface area (Å²) in [4.78, 5) is 4.08. The Morgan fingerprint density at radius 3 is 2.70 bits per heavy atom. The van der Waals surface area contributed by atoms with Crippen LogP contribution in [0.3, 0.4) is 0 Å². The second kappa shape index (κ2) is 6.79. The molecule has 3 rings (SSSR count). The van der Waals surface area contributed by atoms with E-state index in [1.165, 1.54) is 31.6 Å². The zero-order valence-electron chi connectivity index (χ0n) is 13.7. The Morgan fingerprint density at radius 2 is 2.00 bits per heavy atom. The van der Waals surface area contributed by atoms with Crippen LogP contribution in [-0.2, 0) is 0 Å². The van der Waals surface area contributed by atoms with Gasteiger partial charge in [-0.25, -0.2) is 4.39 Å². The van der Waals surface area contributed by atoms with Crippen LogP contribution in [0.25, 0.3) is 0 Å². The van der Waals surface area contributed by atoms with Gasteiger partial charge in [-0.2, -0.15) is 0 Å². The van der Waals surface area contributed by atoms with Gasteiger partial charge < -0.3 is 9.80 Å². The van der Waals surface area contributed by atoms with E-state index < -0.39 is 0 Å². The number of halogens is 1. The highest BCUT2D eigenvalue weighted by molar-refractivity contribution is 6.06. The van der Waals surface area contributed by atoms with Crippen molar-refractivity contribution in [3.8, 4) is 0 Å². The molecule has 2 unspecified atom stereocenters. The van der Waals surface area contributed by atoms with Crippen molar-refractivity contribution in [3.05, 3.63) is 35.6 Å². The van der Waals surface area contributed by atoms with Crippen LogP contribution in [0.1, 0.15) is 31.2 Å². The lowest BCUT2D eigenvalue weighted by molar-refractivity contribution is 0.298. The second-order valence-corrected chi connectivity index (χ2v) is 6.84. The number of piperidine rings is 1. The van der Waals surface area contributed by atoms with Crippen LogP contribution in [-0.4, -0.2) is 48.2 Å². The van der Waals surface area contributed by atoms with Gasteiger partial charge in [-0.1, -0.05) is 12.1 Å². The lowest BCUT2D eigenvalue weighted by Gasteiger charge is -2.21. The Balaban J connectivity index is 1.39. The maximum Gasteiger partial charge on any atom is 0.133 e. The van der Waals surface area contributed by atoms with Crippen molar-refractivity contribution in [2.24, 2.45) is 11.8 Å². The molecule has 2 aliphatic rings. The highest BCUT2D eigenvalue weighted by Crippen LogP contribution is 2.44. The smallest absolute Gasteiger partial charge is 0.133 e. The molecule has 2 N–H and O–H groups in total. The van der Waals surface area contributed by atoms with Crippen molar-refractivity contribution >= 4 is 11.7 Å². The number of benzene rings is 1. The van der Waals surface area contributed by atoms with E-state index in [0.29, 0.717) is 17.8 Å². The predicted molar refractivity (Wildman–Crippen MR) is 90.6 cm³/mol. The summed E-state index contributed by atoms with van der Waals surface area (Å²) in [7, 11) is 1.71. The molecule has 1 saturated heterocycles. The van der Waals surface area contributed by atoms with Crippen LogP contribution in [0.2, 0.25) is 0 Å². The molecule has 1 saturated carbocycles. The molecule has 0 bridgehead atoms. The minimum absolute atomic E-state index is 0.175. The minimum atomic E-state index is -0.351.